The van der Waals surface area contributed by atoms with Crippen molar-refractivity contribution in [1.82, 2.24) is 19.8 Å². The molecule has 0 aliphatic carbocycles. The highest BCUT2D eigenvalue weighted by Crippen LogP contribution is 2.31. The molecule has 1 aliphatic heterocycles. The van der Waals surface area contributed by atoms with Gasteiger partial charge in [0.1, 0.15) is 6.54 Å². The maximum atomic E-state index is 12.6. The highest BCUT2D eigenvalue weighted by molar-refractivity contribution is 8.18. The van der Waals surface area contributed by atoms with Gasteiger partial charge in [-0.2, -0.15) is 0 Å². The van der Waals surface area contributed by atoms with Crippen LogP contribution in [-0.4, -0.2) is 44.6 Å². The third-order valence-electron chi connectivity index (χ3n) is 5.28. The van der Waals surface area contributed by atoms with Crippen molar-refractivity contribution in [3.8, 4) is 0 Å². The Hall–Kier alpha value is -3.72. The topological polar surface area (TPSA) is 101 Å². The highest BCUT2D eigenvalue weighted by Gasteiger charge is 2.34. The minimum absolute atomic E-state index is 0.0473. The number of hydrogen-bond donors (Lipinski definition) is 1. The summed E-state index contributed by atoms with van der Waals surface area (Å²) >= 11 is 0.879. The third-order valence-corrected chi connectivity index (χ3v) is 6.18. The normalized spacial score (nSPS) is 15.0. The van der Waals surface area contributed by atoms with E-state index in [1.807, 2.05) is 44.2 Å². The summed E-state index contributed by atoms with van der Waals surface area (Å²) in [6, 6.07) is 13.0. The summed E-state index contributed by atoms with van der Waals surface area (Å²) < 4.78 is 1.24. The molecule has 33 heavy (non-hydrogen) atoms. The van der Waals surface area contributed by atoms with Crippen LogP contribution in [0.4, 0.5) is 4.79 Å². The number of carbonyl (C=O) groups excluding carboxylic acids is 3. The van der Waals surface area contributed by atoms with E-state index >= 15 is 0 Å². The number of rotatable bonds is 6. The van der Waals surface area contributed by atoms with Crippen LogP contribution >= 0.6 is 11.8 Å². The summed E-state index contributed by atoms with van der Waals surface area (Å²) in [6.45, 7) is 3.77. The molecule has 2 aromatic carbocycles. The Kier molecular flexibility index (Phi) is 6.41. The average molecular weight is 463 g/mol. The lowest BCUT2D eigenvalue weighted by Crippen LogP contribution is -2.39. The monoisotopic (exact) mass is 462 g/mol. The summed E-state index contributed by atoms with van der Waals surface area (Å²) in [6.07, 6.45) is 3.04. The van der Waals surface area contributed by atoms with Gasteiger partial charge in [-0.15, -0.1) is 0 Å². The lowest BCUT2D eigenvalue weighted by atomic mass is 10.1. The lowest BCUT2D eigenvalue weighted by Gasteiger charge is -2.13. The number of aryl methyl sites for hydroxylation is 2. The number of para-hydroxylation sites is 1. The largest absolute Gasteiger partial charge is 0.353 e. The van der Waals surface area contributed by atoms with E-state index in [0.29, 0.717) is 15.8 Å². The molecule has 1 aromatic heterocycles. The summed E-state index contributed by atoms with van der Waals surface area (Å²) in [5.74, 6) is -0.793. The zero-order valence-corrected chi connectivity index (χ0v) is 19.0. The highest BCUT2D eigenvalue weighted by atomic mass is 32.2. The smallest absolute Gasteiger partial charge is 0.293 e. The second-order valence-electron chi connectivity index (χ2n) is 7.74. The molecule has 168 valence electrons. The summed E-state index contributed by atoms with van der Waals surface area (Å²) in [4.78, 5) is 55.6. The van der Waals surface area contributed by atoms with Gasteiger partial charge in [-0.25, -0.2) is 4.98 Å². The Balaban J connectivity index is 1.35. The number of benzene rings is 2. The first kappa shape index (κ1) is 22.5. The van der Waals surface area contributed by atoms with Crippen LogP contribution in [0.25, 0.3) is 17.0 Å². The molecule has 1 saturated heterocycles. The van der Waals surface area contributed by atoms with Crippen molar-refractivity contribution in [2.75, 3.05) is 13.1 Å². The first-order valence-electron chi connectivity index (χ1n) is 10.4. The Bertz CT molecular complexity index is 1340. The number of fused-ring (bicyclic) bond motifs is 1. The van der Waals surface area contributed by atoms with E-state index in [2.05, 4.69) is 10.3 Å². The Morgan fingerprint density at radius 1 is 1.09 bits per heavy atom. The molecule has 8 nitrogen and oxygen atoms in total. The Labute approximate surface area is 194 Å². The van der Waals surface area contributed by atoms with Gasteiger partial charge in [0.15, 0.2) is 0 Å². The van der Waals surface area contributed by atoms with Crippen molar-refractivity contribution in [2.24, 2.45) is 0 Å². The van der Waals surface area contributed by atoms with Gasteiger partial charge in [0.25, 0.3) is 16.7 Å². The minimum Gasteiger partial charge on any atom is -0.353 e. The molecule has 0 saturated carbocycles. The van der Waals surface area contributed by atoms with Crippen LogP contribution in [0.3, 0.4) is 0 Å². The van der Waals surface area contributed by atoms with E-state index < -0.39 is 5.91 Å². The van der Waals surface area contributed by atoms with E-state index in [4.69, 9.17) is 0 Å². The molecule has 0 radical (unpaired) electrons. The number of hydrogen-bond acceptors (Lipinski definition) is 6. The third kappa shape index (κ3) is 4.88. The Morgan fingerprint density at radius 3 is 2.61 bits per heavy atom. The van der Waals surface area contributed by atoms with E-state index in [1.165, 1.54) is 10.9 Å². The van der Waals surface area contributed by atoms with Gasteiger partial charge in [0.2, 0.25) is 5.91 Å². The summed E-state index contributed by atoms with van der Waals surface area (Å²) in [5.41, 5.74) is 3.13. The predicted octanol–water partition coefficient (Wildman–Crippen LogP) is 2.87. The van der Waals surface area contributed by atoms with E-state index in [-0.39, 0.29) is 36.3 Å². The van der Waals surface area contributed by atoms with Crippen LogP contribution in [0, 0.1) is 13.8 Å². The predicted molar refractivity (Wildman–Crippen MR) is 128 cm³/mol. The number of aromatic nitrogens is 2. The SMILES string of the molecule is Cc1ccc(/C=C2\SC(=O)N(CCNC(=O)Cn3cnc4c(C)cccc4c3=O)C2=O)cc1. The molecule has 3 amide bonds. The zero-order chi connectivity index (χ0) is 23.5. The molecule has 1 aliphatic rings. The van der Waals surface area contributed by atoms with Gasteiger partial charge < -0.3 is 5.32 Å². The fourth-order valence-corrected chi connectivity index (χ4v) is 4.34. The number of thioether (sulfide) groups is 1. The van der Waals surface area contributed by atoms with Crippen LogP contribution in [-0.2, 0) is 16.1 Å². The standard InChI is InChI=1S/C24H22N4O4S/c1-15-6-8-17(9-7-15)12-19-23(31)28(24(32)33-19)11-10-25-20(29)13-27-14-26-21-16(2)4-3-5-18(21)22(27)30/h3-9,12,14H,10-11,13H2,1-2H3,(H,25,29)/b19-12-. The minimum atomic E-state index is -0.409. The fourth-order valence-electron chi connectivity index (χ4n) is 3.47. The van der Waals surface area contributed by atoms with Gasteiger partial charge in [-0.3, -0.25) is 28.6 Å². The van der Waals surface area contributed by atoms with Gasteiger partial charge in [0.05, 0.1) is 22.1 Å². The van der Waals surface area contributed by atoms with E-state index in [1.54, 1.807) is 18.2 Å². The first-order valence-corrected chi connectivity index (χ1v) is 11.2. The number of carbonyl (C=O) groups is 3. The number of nitrogens with zero attached hydrogens (tertiary/aromatic N) is 3. The molecule has 0 spiro atoms. The van der Waals surface area contributed by atoms with Crippen molar-refractivity contribution >= 4 is 45.8 Å². The average Bonchev–Trinajstić information content (AvgIpc) is 3.05. The van der Waals surface area contributed by atoms with E-state index in [0.717, 1.165) is 33.4 Å². The van der Waals surface area contributed by atoms with Gasteiger partial charge >= 0.3 is 0 Å². The lowest BCUT2D eigenvalue weighted by molar-refractivity contribution is -0.124. The second kappa shape index (κ2) is 9.41. The van der Waals surface area contributed by atoms with Crippen molar-refractivity contribution in [1.29, 1.82) is 0 Å². The Morgan fingerprint density at radius 2 is 1.85 bits per heavy atom. The molecule has 0 bridgehead atoms. The van der Waals surface area contributed by atoms with Crippen LogP contribution < -0.4 is 10.9 Å². The molecule has 1 fully saturated rings. The first-order chi connectivity index (χ1) is 15.8. The van der Waals surface area contributed by atoms with Gasteiger partial charge in [0, 0.05) is 13.1 Å². The number of imide groups is 1. The van der Waals surface area contributed by atoms with Crippen LogP contribution in [0.5, 0.6) is 0 Å². The van der Waals surface area contributed by atoms with Crippen molar-refractivity contribution in [3.05, 3.63) is 80.7 Å². The molecule has 3 aromatic rings. The molecular formula is C24H22N4O4S. The molecule has 4 rings (SSSR count). The second-order valence-corrected chi connectivity index (χ2v) is 8.74. The summed E-state index contributed by atoms with van der Waals surface area (Å²) in [5, 5.41) is 2.73. The number of nitrogens with one attached hydrogen (secondary N) is 1. The molecule has 9 heteroatoms. The zero-order valence-electron chi connectivity index (χ0n) is 18.2. The van der Waals surface area contributed by atoms with Crippen LogP contribution in [0.1, 0.15) is 16.7 Å². The van der Waals surface area contributed by atoms with Crippen molar-refractivity contribution in [2.45, 2.75) is 20.4 Å². The van der Waals surface area contributed by atoms with Crippen molar-refractivity contribution in [3.63, 3.8) is 0 Å². The maximum absolute atomic E-state index is 12.6. The molecule has 2 heterocycles. The number of amides is 3. The van der Waals surface area contributed by atoms with Gasteiger partial charge in [-0.05, 0) is 48.9 Å². The van der Waals surface area contributed by atoms with Crippen molar-refractivity contribution < 1.29 is 14.4 Å². The van der Waals surface area contributed by atoms with Crippen LogP contribution in [0.15, 0.2) is 58.5 Å². The molecule has 0 unspecified atom stereocenters. The van der Waals surface area contributed by atoms with Crippen LogP contribution in [0.2, 0.25) is 0 Å². The molecular weight excluding hydrogens is 440 g/mol. The molecule has 1 N–H and O–H groups in total. The van der Waals surface area contributed by atoms with E-state index in [9.17, 15) is 19.2 Å². The maximum Gasteiger partial charge on any atom is 0.293 e. The fraction of sp³-hybridized carbons (Fsp3) is 0.208. The quantitative estimate of drug-likeness (QED) is 0.566. The van der Waals surface area contributed by atoms with Gasteiger partial charge in [-0.1, -0.05) is 42.0 Å². The summed E-state index contributed by atoms with van der Waals surface area (Å²) in [7, 11) is 0. The molecule has 0 atom stereocenters.